The van der Waals surface area contributed by atoms with Gasteiger partial charge in [0.2, 0.25) is 0 Å². The topological polar surface area (TPSA) is 49.7 Å². The van der Waals surface area contributed by atoms with Gasteiger partial charge in [-0.2, -0.15) is 4.91 Å². The Morgan fingerprint density at radius 2 is 1.94 bits per heavy atom. The van der Waals surface area contributed by atoms with Gasteiger partial charge < -0.3 is 5.11 Å². The molecule has 0 amide bonds. The van der Waals surface area contributed by atoms with E-state index in [0.29, 0.717) is 18.4 Å². The number of aliphatic hydroxyl groups is 1. The molecule has 0 aromatic carbocycles. The molecule has 1 aliphatic carbocycles. The summed E-state index contributed by atoms with van der Waals surface area (Å²) in [6, 6.07) is 0.0300. The zero-order valence-electron chi connectivity index (χ0n) is 12.0. The van der Waals surface area contributed by atoms with Gasteiger partial charge in [0.1, 0.15) is 0 Å². The first-order valence-electron chi connectivity index (χ1n) is 7.64. The van der Waals surface area contributed by atoms with E-state index in [0.717, 1.165) is 38.0 Å². The molecule has 1 N–H and O–H groups in total. The highest BCUT2D eigenvalue weighted by Gasteiger charge is 2.30. The van der Waals surface area contributed by atoms with Crippen LogP contribution in [-0.2, 0) is 0 Å². The van der Waals surface area contributed by atoms with Crippen molar-refractivity contribution in [1.82, 2.24) is 0 Å². The van der Waals surface area contributed by atoms with E-state index in [1.54, 1.807) is 0 Å². The van der Waals surface area contributed by atoms with Crippen molar-refractivity contribution in [3.05, 3.63) is 4.91 Å². The monoisotopic (exact) mass is 255 g/mol. The van der Waals surface area contributed by atoms with Crippen molar-refractivity contribution in [2.75, 3.05) is 6.61 Å². The molecule has 1 rings (SSSR count). The van der Waals surface area contributed by atoms with E-state index in [1.165, 1.54) is 19.3 Å². The number of nitrogens with zero attached hydrogens (tertiary/aromatic N) is 1. The molecule has 3 heteroatoms. The van der Waals surface area contributed by atoms with Crippen LogP contribution in [0.15, 0.2) is 5.18 Å². The molecule has 0 aromatic heterocycles. The number of unbranched alkanes of at least 4 members (excludes halogenated alkanes) is 1. The van der Waals surface area contributed by atoms with E-state index >= 15 is 0 Å². The van der Waals surface area contributed by atoms with Crippen molar-refractivity contribution in [2.24, 2.45) is 22.9 Å². The van der Waals surface area contributed by atoms with E-state index in [-0.39, 0.29) is 6.04 Å². The molecule has 4 atom stereocenters. The second-order valence-electron chi connectivity index (χ2n) is 6.10. The smallest absolute Gasteiger partial charge is 0.0919 e. The Labute approximate surface area is 111 Å². The van der Waals surface area contributed by atoms with Crippen LogP contribution in [-0.4, -0.2) is 17.8 Å². The quantitative estimate of drug-likeness (QED) is 0.596. The number of hydrogen-bond donors (Lipinski definition) is 1. The zero-order chi connectivity index (χ0) is 13.4. The summed E-state index contributed by atoms with van der Waals surface area (Å²) in [6.45, 7) is 4.77. The van der Waals surface area contributed by atoms with Crippen LogP contribution in [0.1, 0.15) is 65.2 Å². The molecule has 18 heavy (non-hydrogen) atoms. The largest absolute Gasteiger partial charge is 0.396 e. The maximum absolute atomic E-state index is 10.7. The average molecular weight is 255 g/mol. The van der Waals surface area contributed by atoms with Gasteiger partial charge in [0, 0.05) is 6.61 Å². The second kappa shape index (κ2) is 8.63. The minimum Gasteiger partial charge on any atom is -0.396 e. The Bertz CT molecular complexity index is 231. The third-order valence-corrected chi connectivity index (χ3v) is 4.55. The van der Waals surface area contributed by atoms with E-state index in [9.17, 15) is 4.91 Å². The van der Waals surface area contributed by atoms with Gasteiger partial charge in [-0.15, -0.1) is 0 Å². The Morgan fingerprint density at radius 3 is 2.44 bits per heavy atom. The highest BCUT2D eigenvalue weighted by atomic mass is 16.3. The minimum atomic E-state index is 0.0300. The number of rotatable bonds is 10. The third-order valence-electron chi connectivity index (χ3n) is 4.55. The van der Waals surface area contributed by atoms with Crippen molar-refractivity contribution >= 4 is 0 Å². The average Bonchev–Trinajstić information content (AvgIpc) is 2.35. The molecule has 0 bridgehead atoms. The fourth-order valence-corrected chi connectivity index (χ4v) is 2.99. The summed E-state index contributed by atoms with van der Waals surface area (Å²) < 4.78 is 0. The van der Waals surface area contributed by atoms with Crippen molar-refractivity contribution in [3.8, 4) is 0 Å². The van der Waals surface area contributed by atoms with Crippen molar-refractivity contribution in [1.29, 1.82) is 0 Å². The first-order valence-corrected chi connectivity index (χ1v) is 7.64. The Balaban J connectivity index is 2.15. The first kappa shape index (κ1) is 15.6. The van der Waals surface area contributed by atoms with Crippen LogP contribution in [0.2, 0.25) is 0 Å². The Kier molecular flexibility index (Phi) is 7.48. The SMILES string of the molecule is CCCCC(CCC(C)CC1CCC1CO)N=O. The molecular weight excluding hydrogens is 226 g/mol. The molecular formula is C15H29NO2. The minimum absolute atomic E-state index is 0.0300. The summed E-state index contributed by atoms with van der Waals surface area (Å²) >= 11 is 0. The molecule has 1 saturated carbocycles. The maximum Gasteiger partial charge on any atom is 0.0919 e. The van der Waals surface area contributed by atoms with E-state index in [4.69, 9.17) is 5.11 Å². The summed E-state index contributed by atoms with van der Waals surface area (Å²) in [5, 5.41) is 12.4. The van der Waals surface area contributed by atoms with Crippen LogP contribution in [0.3, 0.4) is 0 Å². The molecule has 3 nitrogen and oxygen atoms in total. The van der Waals surface area contributed by atoms with Crippen LogP contribution in [0, 0.1) is 22.7 Å². The highest BCUT2D eigenvalue weighted by Crippen LogP contribution is 2.39. The van der Waals surface area contributed by atoms with Gasteiger partial charge in [0.25, 0.3) is 0 Å². The van der Waals surface area contributed by atoms with E-state index < -0.39 is 0 Å². The molecule has 0 aliphatic heterocycles. The lowest BCUT2D eigenvalue weighted by atomic mass is 9.70. The standard InChI is InChI=1S/C15H29NO2/c1-3-4-5-15(16-18)9-6-12(2)10-13-7-8-14(13)11-17/h12-15,17H,3-11H2,1-2H3. The van der Waals surface area contributed by atoms with Gasteiger partial charge in [0.05, 0.1) is 6.04 Å². The van der Waals surface area contributed by atoms with Gasteiger partial charge in [-0.1, -0.05) is 31.9 Å². The fraction of sp³-hybridized carbons (Fsp3) is 1.00. The highest BCUT2D eigenvalue weighted by molar-refractivity contribution is 4.81. The van der Waals surface area contributed by atoms with Crippen molar-refractivity contribution in [2.45, 2.75) is 71.3 Å². The lowest BCUT2D eigenvalue weighted by molar-refractivity contribution is 0.0731. The summed E-state index contributed by atoms with van der Waals surface area (Å²) in [4.78, 5) is 10.7. The molecule has 0 aromatic rings. The van der Waals surface area contributed by atoms with Crippen LogP contribution < -0.4 is 0 Å². The molecule has 1 aliphatic rings. The van der Waals surface area contributed by atoms with Gasteiger partial charge in [-0.3, -0.25) is 0 Å². The van der Waals surface area contributed by atoms with Crippen LogP contribution >= 0.6 is 0 Å². The van der Waals surface area contributed by atoms with Gasteiger partial charge in [-0.25, -0.2) is 0 Å². The fourth-order valence-electron chi connectivity index (χ4n) is 2.99. The summed E-state index contributed by atoms with van der Waals surface area (Å²) in [5.74, 6) is 1.94. The molecule has 106 valence electrons. The van der Waals surface area contributed by atoms with Crippen molar-refractivity contribution in [3.63, 3.8) is 0 Å². The molecule has 0 radical (unpaired) electrons. The summed E-state index contributed by atoms with van der Waals surface area (Å²) in [6.07, 6.45) is 8.95. The van der Waals surface area contributed by atoms with Crippen molar-refractivity contribution < 1.29 is 5.11 Å². The lowest BCUT2D eigenvalue weighted by Crippen LogP contribution is -2.30. The van der Waals surface area contributed by atoms with E-state index in [1.807, 2.05) is 0 Å². The predicted molar refractivity (Wildman–Crippen MR) is 75.4 cm³/mol. The molecule has 0 saturated heterocycles. The Morgan fingerprint density at radius 1 is 1.22 bits per heavy atom. The predicted octanol–water partition coefficient (Wildman–Crippen LogP) is 4.14. The van der Waals surface area contributed by atoms with E-state index in [2.05, 4.69) is 19.0 Å². The molecule has 4 unspecified atom stereocenters. The van der Waals surface area contributed by atoms with Crippen LogP contribution in [0.5, 0.6) is 0 Å². The summed E-state index contributed by atoms with van der Waals surface area (Å²) in [5.41, 5.74) is 0. The van der Waals surface area contributed by atoms with Gasteiger partial charge in [-0.05, 0) is 56.3 Å². The maximum atomic E-state index is 10.7. The number of hydrogen-bond acceptors (Lipinski definition) is 3. The Hall–Kier alpha value is -0.440. The normalized spacial score (nSPS) is 26.4. The first-order chi connectivity index (χ1) is 8.71. The van der Waals surface area contributed by atoms with Crippen LogP contribution in [0.4, 0.5) is 0 Å². The van der Waals surface area contributed by atoms with Gasteiger partial charge in [0.15, 0.2) is 0 Å². The van der Waals surface area contributed by atoms with Gasteiger partial charge >= 0.3 is 0 Å². The second-order valence-corrected chi connectivity index (χ2v) is 6.10. The molecule has 1 fully saturated rings. The zero-order valence-corrected chi connectivity index (χ0v) is 12.0. The van der Waals surface area contributed by atoms with Crippen LogP contribution in [0.25, 0.3) is 0 Å². The number of aliphatic hydroxyl groups excluding tert-OH is 1. The summed E-state index contributed by atoms with van der Waals surface area (Å²) in [7, 11) is 0. The third kappa shape index (κ3) is 5.05. The number of nitroso groups, excluding NO2 is 1. The molecule has 0 heterocycles. The lowest BCUT2D eigenvalue weighted by Gasteiger charge is -2.37. The molecule has 0 spiro atoms.